The Kier molecular flexibility index (Phi) is 23.4. The molecule has 2 amide bonds. The summed E-state index contributed by atoms with van der Waals surface area (Å²) in [5.74, 6) is -4.90. The first-order valence-corrected chi connectivity index (χ1v) is 32.5. The van der Waals surface area contributed by atoms with Gasteiger partial charge < -0.3 is 67.8 Å². The number of cyclic esters (lactones) is 1. The van der Waals surface area contributed by atoms with Crippen LogP contribution in [0, 0.1) is 23.7 Å². The lowest BCUT2D eigenvalue weighted by Gasteiger charge is -2.50. The molecule has 19 atom stereocenters. The maximum absolute atomic E-state index is 15.4. The SMILES string of the molecule is CC[C@H]1OC(=O)[C@H](C)[C@@H](O[C@H]2CC(C)(OC)[C@@H](O)[C@H](C)O2)[C@H](C)[C@@H](O[C@@H]2O[C@H](C)C[C@H](N(C)CCC(=O)N[C@H](CF)Cc3ccc(S(C)(=O)=O)cc3)[C@H]2O)C(C)(OC)C[C@@H](C)C(=O)[C@H](C)C2N(CCCCn3cnc(-c4cccnc4)c3)C(=O)OC21C. The minimum atomic E-state index is -3.43. The predicted molar refractivity (Wildman–Crippen MR) is 319 cm³/mol. The van der Waals surface area contributed by atoms with E-state index in [2.05, 4.69) is 15.3 Å². The van der Waals surface area contributed by atoms with Crippen molar-refractivity contribution in [1.29, 1.82) is 0 Å². The predicted octanol–water partition coefficient (Wildman–Crippen LogP) is 6.51. The molecule has 0 aliphatic carbocycles. The fourth-order valence-electron chi connectivity index (χ4n) is 13.6. The lowest BCUT2D eigenvalue weighted by atomic mass is 9.73. The number of imidazole rings is 1. The van der Waals surface area contributed by atoms with E-state index in [1.807, 2.05) is 48.6 Å². The van der Waals surface area contributed by atoms with E-state index >= 15 is 9.59 Å². The van der Waals surface area contributed by atoms with Crippen LogP contribution in [0.3, 0.4) is 0 Å². The number of ether oxygens (including phenoxy) is 8. The molecule has 87 heavy (non-hydrogen) atoms. The summed E-state index contributed by atoms with van der Waals surface area (Å²) in [4.78, 5) is 70.6. The minimum absolute atomic E-state index is 0.0438. The van der Waals surface area contributed by atoms with Crippen LogP contribution in [0.1, 0.15) is 120 Å². The number of benzene rings is 1. The topological polar surface area (TPSA) is 266 Å². The van der Waals surface area contributed by atoms with Gasteiger partial charge in [-0.25, -0.2) is 22.6 Å². The summed E-state index contributed by atoms with van der Waals surface area (Å²) in [5, 5.41) is 26.4. The highest BCUT2D eigenvalue weighted by Crippen LogP contribution is 2.45. The normalized spacial score (nSPS) is 35.1. The number of nitrogens with zero attached hydrogens (tertiary/aromatic N) is 5. The van der Waals surface area contributed by atoms with Crippen LogP contribution in [0.15, 0.2) is 66.2 Å². The van der Waals surface area contributed by atoms with Crippen LogP contribution < -0.4 is 5.32 Å². The Bertz CT molecular complexity index is 2890. The average Bonchev–Trinajstić information content (AvgIpc) is 1.70. The van der Waals surface area contributed by atoms with Crippen molar-refractivity contribution in [3.8, 4) is 11.3 Å². The molecule has 486 valence electrons. The first-order chi connectivity index (χ1) is 41.0. The zero-order valence-electron chi connectivity index (χ0n) is 53.1. The molecule has 1 aromatic carbocycles. The molecule has 4 saturated heterocycles. The summed E-state index contributed by atoms with van der Waals surface area (Å²) in [7, 11) is 1.32. The van der Waals surface area contributed by atoms with E-state index in [0.29, 0.717) is 31.4 Å². The fraction of sp³-hybridized carbons (Fsp3) is 0.714. The van der Waals surface area contributed by atoms with E-state index in [-0.39, 0.29) is 55.9 Å². The average molecular weight is 1240 g/mol. The van der Waals surface area contributed by atoms with Crippen LogP contribution in [0.4, 0.5) is 9.18 Å². The number of pyridine rings is 1. The van der Waals surface area contributed by atoms with Crippen LogP contribution in [0.25, 0.3) is 11.3 Å². The van der Waals surface area contributed by atoms with Crippen molar-refractivity contribution < 1.29 is 80.1 Å². The van der Waals surface area contributed by atoms with Gasteiger partial charge in [0.15, 0.2) is 28.0 Å². The van der Waals surface area contributed by atoms with Crippen molar-refractivity contribution in [3.63, 3.8) is 0 Å². The molecule has 0 bridgehead atoms. The fourth-order valence-corrected chi connectivity index (χ4v) is 14.2. The summed E-state index contributed by atoms with van der Waals surface area (Å²) < 4.78 is 92.5. The number of likely N-dealkylation sites (N-methyl/N-ethyl adjacent to an activating group) is 1. The number of esters is 1. The van der Waals surface area contributed by atoms with Crippen molar-refractivity contribution in [1.82, 2.24) is 29.7 Å². The number of fused-ring (bicyclic) bond motifs is 1. The number of sulfone groups is 1. The molecule has 0 spiro atoms. The number of alkyl halides is 1. The molecular weight excluding hydrogens is 1150 g/mol. The third kappa shape index (κ3) is 16.1. The second-order valence-corrected chi connectivity index (χ2v) is 27.4. The Morgan fingerprint density at radius 2 is 1.63 bits per heavy atom. The molecule has 3 N–H and O–H groups in total. The van der Waals surface area contributed by atoms with Gasteiger partial charge in [0.25, 0.3) is 0 Å². The maximum atomic E-state index is 15.4. The van der Waals surface area contributed by atoms with Gasteiger partial charge in [0.2, 0.25) is 5.91 Å². The number of methoxy groups -OCH3 is 2. The third-order valence-corrected chi connectivity index (χ3v) is 19.9. The second kappa shape index (κ2) is 29.3. The number of rotatable bonds is 22. The van der Waals surface area contributed by atoms with Crippen molar-refractivity contribution in [2.45, 2.75) is 222 Å². The van der Waals surface area contributed by atoms with E-state index in [9.17, 15) is 32.6 Å². The van der Waals surface area contributed by atoms with Gasteiger partial charge in [-0.15, -0.1) is 0 Å². The minimum Gasteiger partial charge on any atom is -0.458 e. The van der Waals surface area contributed by atoms with E-state index in [4.69, 9.17) is 37.9 Å². The number of hydrogen-bond acceptors (Lipinski definition) is 19. The zero-order chi connectivity index (χ0) is 63.9. The highest BCUT2D eigenvalue weighted by molar-refractivity contribution is 7.90. The summed E-state index contributed by atoms with van der Waals surface area (Å²) in [6.45, 7) is 17.9. The van der Waals surface area contributed by atoms with E-state index in [1.54, 1.807) is 91.3 Å². The Hall–Kier alpha value is -5.02. The monoisotopic (exact) mass is 1240 g/mol. The number of carbonyl (C=O) groups is 4. The molecule has 7 rings (SSSR count). The van der Waals surface area contributed by atoms with Crippen molar-refractivity contribution in [2.24, 2.45) is 23.7 Å². The number of ketones is 1. The first-order valence-electron chi connectivity index (χ1n) is 30.6. The lowest BCUT2D eigenvalue weighted by Crippen LogP contribution is -2.62. The van der Waals surface area contributed by atoms with Crippen LogP contribution in [-0.2, 0) is 75.1 Å². The number of aryl methyl sites for hydroxylation is 1. The molecule has 2 aromatic heterocycles. The number of aliphatic hydroxyl groups excluding tert-OH is 2. The van der Waals surface area contributed by atoms with Gasteiger partial charge in [-0.1, -0.05) is 39.8 Å². The Morgan fingerprint density at radius 3 is 2.26 bits per heavy atom. The van der Waals surface area contributed by atoms with Gasteiger partial charge in [-0.2, -0.15) is 0 Å². The van der Waals surface area contributed by atoms with Gasteiger partial charge in [-0.05, 0) is 117 Å². The van der Waals surface area contributed by atoms with E-state index in [0.717, 1.165) is 17.5 Å². The molecule has 4 aliphatic rings. The van der Waals surface area contributed by atoms with Crippen LogP contribution in [0.5, 0.6) is 0 Å². The smallest absolute Gasteiger partial charge is 0.410 e. The van der Waals surface area contributed by atoms with Gasteiger partial charge in [0, 0.05) is 101 Å². The van der Waals surface area contributed by atoms with Crippen molar-refractivity contribution in [3.05, 3.63) is 66.9 Å². The Labute approximate surface area is 512 Å². The summed E-state index contributed by atoms with van der Waals surface area (Å²) in [6.07, 6.45) is 0.219. The van der Waals surface area contributed by atoms with Crippen LogP contribution in [-0.4, -0.2) is 204 Å². The quantitative estimate of drug-likeness (QED) is 0.0715. The summed E-state index contributed by atoms with van der Waals surface area (Å²) >= 11 is 0. The van der Waals surface area contributed by atoms with Gasteiger partial charge in [0.1, 0.15) is 30.8 Å². The molecule has 4 unspecified atom stereocenters. The highest BCUT2D eigenvalue weighted by atomic mass is 32.2. The lowest BCUT2D eigenvalue weighted by molar-refractivity contribution is -0.319. The molecule has 4 fully saturated rings. The van der Waals surface area contributed by atoms with Gasteiger partial charge in [0.05, 0.1) is 70.5 Å². The number of amides is 2. The molecule has 24 heteroatoms. The first kappa shape index (κ1) is 69.5. The Balaban J connectivity index is 1.17. The van der Waals surface area contributed by atoms with Crippen molar-refractivity contribution in [2.75, 3.05) is 47.3 Å². The molecular formula is C63H95FN6O16S. The Morgan fingerprint density at radius 1 is 0.943 bits per heavy atom. The maximum Gasteiger partial charge on any atom is 0.410 e. The van der Waals surface area contributed by atoms with Crippen LogP contribution in [0.2, 0.25) is 0 Å². The number of hydrogen-bond donors (Lipinski definition) is 3. The number of carbonyl (C=O) groups excluding carboxylic acids is 4. The molecule has 0 radical (unpaired) electrons. The number of aromatic nitrogens is 3. The molecule has 4 aliphatic heterocycles. The zero-order valence-corrected chi connectivity index (χ0v) is 53.9. The van der Waals surface area contributed by atoms with Gasteiger partial charge in [-0.3, -0.25) is 19.4 Å². The molecule has 3 aromatic rings. The van der Waals surface area contributed by atoms with Crippen molar-refractivity contribution >= 4 is 33.6 Å². The largest absolute Gasteiger partial charge is 0.458 e. The van der Waals surface area contributed by atoms with E-state index in [1.165, 1.54) is 26.4 Å². The molecule has 6 heterocycles. The molecule has 0 saturated carbocycles. The van der Waals surface area contributed by atoms with Crippen LogP contribution >= 0.6 is 0 Å². The summed E-state index contributed by atoms with van der Waals surface area (Å²) in [5.41, 5.74) is -1.71. The number of halogens is 1. The standard InChI is InChI=1S/C63H95FN6O16S/c1-15-49-63(10)55(70(60(76)86-63)27-17-16-26-69-35-47(66-36-69)44-19-18-25-65-34-44)39(4)52(72)37(2)31-62(9,80-13)57(40(5)54(41(6)58(75)83-49)84-51-32-61(8,79-12)56(74)42(7)82-51)85-59-53(73)48(29-38(3)81-59)68(11)28-24-50(71)67-45(33-64)30-43-20-22-46(23-21-43)87(14,77)78/h18-23,25,34-42,45,48-49,51,53-57,59,73-74H,15-17,24,26-33H2,1-14H3,(H,67,71)/t37-,38-,39+,40+,41-,42+,45+,48+,49-,51+,53-,54+,55?,56+,57-,59+,61?,62?,63?/m1/s1. The molecule has 22 nitrogen and oxygen atoms in total. The summed E-state index contributed by atoms with van der Waals surface area (Å²) in [6, 6.07) is 7.49. The number of nitrogens with one attached hydrogen (secondary N) is 1. The van der Waals surface area contributed by atoms with Gasteiger partial charge >= 0.3 is 12.1 Å². The number of Topliss-reactive ketones (excluding diaryl/α,β-unsaturated/α-hetero) is 1. The number of aliphatic hydroxyl groups is 2. The third-order valence-electron chi connectivity index (χ3n) is 18.8. The number of unbranched alkanes of at least 4 members (excludes halogenated alkanes) is 1. The van der Waals surface area contributed by atoms with E-state index < -0.39 is 148 Å². The second-order valence-electron chi connectivity index (χ2n) is 25.4. The highest BCUT2D eigenvalue weighted by Gasteiger charge is 2.61.